The molecule has 0 atom stereocenters. The number of para-hydroxylation sites is 1. The Kier molecular flexibility index (Phi) is 3.09. The fourth-order valence-electron chi connectivity index (χ4n) is 1.40. The normalized spacial score (nSPS) is 10.1. The van der Waals surface area contributed by atoms with Gasteiger partial charge in [0.25, 0.3) is 5.91 Å². The summed E-state index contributed by atoms with van der Waals surface area (Å²) < 4.78 is 13.2. The molecule has 0 aliphatic heterocycles. The van der Waals surface area contributed by atoms with E-state index in [9.17, 15) is 14.3 Å². The van der Waals surface area contributed by atoms with Crippen molar-refractivity contribution in [3.63, 3.8) is 0 Å². The van der Waals surface area contributed by atoms with E-state index >= 15 is 0 Å². The highest BCUT2D eigenvalue weighted by molar-refractivity contribution is 6.07. The molecule has 92 valence electrons. The van der Waals surface area contributed by atoms with Gasteiger partial charge in [-0.15, -0.1) is 0 Å². The number of carbonyl (C=O) groups is 1. The maximum Gasteiger partial charge on any atom is 0.259 e. The lowest BCUT2D eigenvalue weighted by molar-refractivity contribution is 0.102. The average molecular weight is 247 g/mol. The monoisotopic (exact) mass is 247 g/mol. The Labute approximate surface area is 102 Å². The summed E-state index contributed by atoms with van der Waals surface area (Å²) in [5.74, 6) is -1.50. The molecular weight excluding hydrogens is 237 g/mol. The highest BCUT2D eigenvalue weighted by Gasteiger charge is 2.14. The number of rotatable bonds is 2. The number of nitrogens with two attached hydrogens (primary N) is 1. The molecule has 2 rings (SSSR count). The number of nitrogen functional groups attached to an aromatic ring is 1. The molecule has 4 N–H and O–H groups in total. The van der Waals surface area contributed by atoms with Crippen LogP contribution in [0.3, 0.4) is 0 Å². The molecule has 2 aromatic rings. The van der Waals surface area contributed by atoms with Gasteiger partial charge in [0.05, 0.1) is 11.3 Å². The summed E-state index contributed by atoms with van der Waals surface area (Å²) in [7, 11) is 0. The fraction of sp³-hybridized carbons (Fsp3) is 0. The van der Waals surface area contributed by atoms with E-state index in [2.05, 4.69) is 10.3 Å². The first-order chi connectivity index (χ1) is 8.59. The van der Waals surface area contributed by atoms with Crippen LogP contribution in [0.25, 0.3) is 0 Å². The minimum atomic E-state index is -0.673. The van der Waals surface area contributed by atoms with Crippen molar-refractivity contribution in [3.05, 3.63) is 47.9 Å². The maximum absolute atomic E-state index is 13.2. The molecule has 0 aliphatic carbocycles. The van der Waals surface area contributed by atoms with E-state index in [1.54, 1.807) is 0 Å². The second-order valence-corrected chi connectivity index (χ2v) is 3.53. The Morgan fingerprint density at radius 1 is 1.33 bits per heavy atom. The minimum Gasteiger partial charge on any atom is -0.504 e. The lowest BCUT2D eigenvalue weighted by atomic mass is 10.1. The molecule has 0 bridgehead atoms. The van der Waals surface area contributed by atoms with Crippen molar-refractivity contribution in [2.24, 2.45) is 0 Å². The molecule has 6 heteroatoms. The highest BCUT2D eigenvalue weighted by atomic mass is 19.1. The van der Waals surface area contributed by atoms with Crippen molar-refractivity contribution < 1.29 is 14.3 Å². The van der Waals surface area contributed by atoms with Gasteiger partial charge in [0, 0.05) is 6.20 Å². The number of nitrogens with zero attached hydrogens (tertiary/aromatic N) is 1. The lowest BCUT2D eigenvalue weighted by Crippen LogP contribution is -2.15. The van der Waals surface area contributed by atoms with Gasteiger partial charge in [-0.3, -0.25) is 4.79 Å². The first kappa shape index (κ1) is 11.8. The van der Waals surface area contributed by atoms with Crippen molar-refractivity contribution >= 4 is 17.4 Å². The number of benzene rings is 1. The van der Waals surface area contributed by atoms with Crippen LogP contribution >= 0.6 is 0 Å². The number of amides is 1. The SMILES string of the molecule is Nc1c(F)cccc1C(=O)Nc1ncccc1O. The smallest absolute Gasteiger partial charge is 0.259 e. The maximum atomic E-state index is 13.2. The van der Waals surface area contributed by atoms with Crippen LogP contribution in [0.4, 0.5) is 15.9 Å². The Morgan fingerprint density at radius 3 is 2.83 bits per heavy atom. The summed E-state index contributed by atoms with van der Waals surface area (Å²) in [4.78, 5) is 15.6. The molecule has 0 saturated heterocycles. The van der Waals surface area contributed by atoms with Gasteiger partial charge in [0.1, 0.15) is 5.82 Å². The van der Waals surface area contributed by atoms with Crippen molar-refractivity contribution in [1.82, 2.24) is 4.98 Å². The fourth-order valence-corrected chi connectivity index (χ4v) is 1.40. The van der Waals surface area contributed by atoms with Gasteiger partial charge in [0.2, 0.25) is 0 Å². The molecule has 0 spiro atoms. The Morgan fingerprint density at radius 2 is 2.11 bits per heavy atom. The first-order valence-corrected chi connectivity index (χ1v) is 5.09. The molecule has 0 saturated carbocycles. The zero-order valence-electron chi connectivity index (χ0n) is 9.22. The van der Waals surface area contributed by atoms with Gasteiger partial charge >= 0.3 is 0 Å². The van der Waals surface area contributed by atoms with Crippen LogP contribution < -0.4 is 11.1 Å². The number of aromatic hydroxyl groups is 1. The Bertz CT molecular complexity index is 602. The zero-order valence-corrected chi connectivity index (χ0v) is 9.22. The number of halogens is 1. The van der Waals surface area contributed by atoms with Crippen molar-refractivity contribution in [1.29, 1.82) is 0 Å². The molecular formula is C12H10FN3O2. The number of carbonyl (C=O) groups excluding carboxylic acids is 1. The van der Waals surface area contributed by atoms with Gasteiger partial charge in [-0.2, -0.15) is 0 Å². The molecule has 0 radical (unpaired) electrons. The van der Waals surface area contributed by atoms with Gasteiger partial charge in [-0.25, -0.2) is 9.37 Å². The zero-order chi connectivity index (χ0) is 13.1. The van der Waals surface area contributed by atoms with Gasteiger partial charge in [-0.1, -0.05) is 6.07 Å². The van der Waals surface area contributed by atoms with E-state index in [1.165, 1.54) is 30.5 Å². The highest BCUT2D eigenvalue weighted by Crippen LogP contribution is 2.21. The quantitative estimate of drug-likeness (QED) is 0.705. The van der Waals surface area contributed by atoms with Crippen molar-refractivity contribution in [3.8, 4) is 5.75 Å². The summed E-state index contributed by atoms with van der Waals surface area (Å²) in [6.07, 6.45) is 1.41. The van der Waals surface area contributed by atoms with E-state index in [4.69, 9.17) is 5.73 Å². The Hall–Kier alpha value is -2.63. The molecule has 0 unspecified atom stereocenters. The van der Waals surface area contributed by atoms with Gasteiger partial charge < -0.3 is 16.2 Å². The van der Waals surface area contributed by atoms with Crippen LogP contribution in [0.5, 0.6) is 5.75 Å². The van der Waals surface area contributed by atoms with E-state index < -0.39 is 11.7 Å². The predicted molar refractivity (Wildman–Crippen MR) is 64.7 cm³/mol. The average Bonchev–Trinajstić information content (AvgIpc) is 2.35. The molecule has 18 heavy (non-hydrogen) atoms. The topological polar surface area (TPSA) is 88.2 Å². The number of anilines is 2. The summed E-state index contributed by atoms with van der Waals surface area (Å²) in [6.45, 7) is 0. The molecule has 5 nitrogen and oxygen atoms in total. The molecule has 1 aromatic heterocycles. The van der Waals surface area contributed by atoms with E-state index in [0.717, 1.165) is 6.07 Å². The lowest BCUT2D eigenvalue weighted by Gasteiger charge is -2.08. The summed E-state index contributed by atoms with van der Waals surface area (Å²) in [6, 6.07) is 6.80. The van der Waals surface area contributed by atoms with Crippen LogP contribution in [-0.4, -0.2) is 16.0 Å². The van der Waals surface area contributed by atoms with Crippen LogP contribution in [0.1, 0.15) is 10.4 Å². The van der Waals surface area contributed by atoms with Gasteiger partial charge in [-0.05, 0) is 24.3 Å². The van der Waals surface area contributed by atoms with Crippen LogP contribution in [0.15, 0.2) is 36.5 Å². The third-order valence-electron chi connectivity index (χ3n) is 2.32. The van der Waals surface area contributed by atoms with Crippen LogP contribution in [0, 0.1) is 5.82 Å². The predicted octanol–water partition coefficient (Wildman–Crippen LogP) is 1.76. The summed E-state index contributed by atoms with van der Waals surface area (Å²) in [5.41, 5.74) is 5.20. The number of nitrogens with one attached hydrogen (secondary N) is 1. The van der Waals surface area contributed by atoms with Crippen LogP contribution in [-0.2, 0) is 0 Å². The van der Waals surface area contributed by atoms with Crippen LogP contribution in [0.2, 0.25) is 0 Å². The summed E-state index contributed by atoms with van der Waals surface area (Å²) in [5, 5.41) is 11.8. The van der Waals surface area contributed by atoms with Crippen molar-refractivity contribution in [2.75, 3.05) is 11.1 Å². The molecule has 0 aliphatic rings. The van der Waals surface area contributed by atoms with E-state index in [1.807, 2.05) is 0 Å². The molecule has 0 fully saturated rings. The third kappa shape index (κ3) is 2.22. The standard InChI is InChI=1S/C12H10FN3O2/c13-8-4-1-3-7(10(8)14)12(18)16-11-9(17)5-2-6-15-11/h1-6,17H,14H2,(H,15,16,18). The summed E-state index contributed by atoms with van der Waals surface area (Å²) >= 11 is 0. The number of hydrogen-bond acceptors (Lipinski definition) is 4. The Balaban J connectivity index is 2.28. The second kappa shape index (κ2) is 4.70. The number of aromatic nitrogens is 1. The third-order valence-corrected chi connectivity index (χ3v) is 2.32. The number of hydrogen-bond donors (Lipinski definition) is 3. The second-order valence-electron chi connectivity index (χ2n) is 3.53. The largest absolute Gasteiger partial charge is 0.504 e. The van der Waals surface area contributed by atoms with E-state index in [-0.39, 0.29) is 22.8 Å². The number of pyridine rings is 1. The van der Waals surface area contributed by atoms with Gasteiger partial charge in [0.15, 0.2) is 11.6 Å². The minimum absolute atomic E-state index is 0.00818. The first-order valence-electron chi connectivity index (χ1n) is 5.09. The molecule has 1 heterocycles. The molecule has 1 amide bonds. The molecule has 1 aromatic carbocycles. The van der Waals surface area contributed by atoms with Crippen molar-refractivity contribution in [2.45, 2.75) is 0 Å². The van der Waals surface area contributed by atoms with E-state index in [0.29, 0.717) is 0 Å².